The van der Waals surface area contributed by atoms with Gasteiger partial charge in [-0.05, 0) is 35.1 Å². The Morgan fingerprint density at radius 3 is 2.88 bits per heavy atom. The van der Waals surface area contributed by atoms with Crippen LogP contribution in [0.2, 0.25) is 0 Å². The van der Waals surface area contributed by atoms with Crippen LogP contribution < -0.4 is 5.73 Å². The average molecular weight is 302 g/mol. The molecule has 2 N–H and O–H groups in total. The first-order valence-electron chi connectivity index (χ1n) is 4.77. The van der Waals surface area contributed by atoms with Crippen LogP contribution >= 0.6 is 27.3 Å². The topological polar surface area (TPSA) is 55.3 Å². The normalized spacial score (nSPS) is 11.2. The fourth-order valence-corrected chi connectivity index (χ4v) is 2.99. The number of thiophene rings is 1. The molecule has 0 aliphatic carbocycles. The number of hydrogen-bond acceptors (Lipinski definition) is 5. The summed E-state index contributed by atoms with van der Waals surface area (Å²) in [4.78, 5) is 3.46. The Hall–Kier alpha value is -0.850. The first kappa shape index (κ1) is 11.6. The summed E-state index contributed by atoms with van der Waals surface area (Å²) in [6, 6.07) is 5.92. The van der Waals surface area contributed by atoms with Crippen molar-refractivity contribution in [2.75, 3.05) is 12.8 Å². The number of rotatable bonds is 4. The van der Waals surface area contributed by atoms with Crippen LogP contribution in [-0.4, -0.2) is 17.1 Å². The average Bonchev–Trinajstić information content (AvgIpc) is 2.76. The second-order valence-corrected chi connectivity index (χ2v) is 6.14. The Kier molecular flexibility index (Phi) is 3.63. The summed E-state index contributed by atoms with van der Waals surface area (Å²) in [5, 5.41) is 3.65. The van der Waals surface area contributed by atoms with Gasteiger partial charge in [-0.2, -0.15) is 0 Å². The van der Waals surface area contributed by atoms with Crippen molar-refractivity contribution in [1.29, 1.82) is 0 Å². The van der Waals surface area contributed by atoms with Gasteiger partial charge < -0.3 is 10.3 Å². The molecular weight excluding hydrogens is 290 g/mol. The molecule has 86 valence electrons. The lowest BCUT2D eigenvalue weighted by molar-refractivity contribution is 0.269. The lowest BCUT2D eigenvalue weighted by atomic mass is 10.4. The molecule has 2 aromatic heterocycles. The van der Waals surface area contributed by atoms with Crippen LogP contribution in [0.5, 0.6) is 0 Å². The predicted octanol–water partition coefficient (Wildman–Crippen LogP) is 2.71. The molecule has 0 aromatic carbocycles. The quantitative estimate of drug-likeness (QED) is 0.943. The van der Waals surface area contributed by atoms with E-state index in [1.165, 1.54) is 4.88 Å². The van der Waals surface area contributed by atoms with Crippen molar-refractivity contribution < 1.29 is 4.52 Å². The predicted molar refractivity (Wildman–Crippen MR) is 68.1 cm³/mol. The molecule has 16 heavy (non-hydrogen) atoms. The van der Waals surface area contributed by atoms with Gasteiger partial charge in [-0.1, -0.05) is 5.16 Å². The third kappa shape index (κ3) is 3.07. The summed E-state index contributed by atoms with van der Waals surface area (Å²) in [5.41, 5.74) is 5.48. The number of nitrogen functional groups attached to an aromatic ring is 1. The zero-order valence-corrected chi connectivity index (χ0v) is 11.2. The van der Waals surface area contributed by atoms with Crippen LogP contribution in [0.1, 0.15) is 10.6 Å². The molecule has 0 radical (unpaired) electrons. The summed E-state index contributed by atoms with van der Waals surface area (Å²) in [5.74, 6) is 1.22. The third-order valence-corrected chi connectivity index (χ3v) is 3.67. The number of anilines is 1. The lowest BCUT2D eigenvalue weighted by Crippen LogP contribution is -2.16. The molecular formula is C10H12BrN3OS. The van der Waals surface area contributed by atoms with Gasteiger partial charge in [0.1, 0.15) is 0 Å². The molecule has 2 heterocycles. The second-order valence-electron chi connectivity index (χ2n) is 3.60. The Balaban J connectivity index is 1.91. The largest absolute Gasteiger partial charge is 0.381 e. The summed E-state index contributed by atoms with van der Waals surface area (Å²) >= 11 is 5.18. The first-order chi connectivity index (χ1) is 7.63. The maximum Gasteiger partial charge on any atom is 0.167 e. The third-order valence-electron chi connectivity index (χ3n) is 2.06. The van der Waals surface area contributed by atoms with Crippen molar-refractivity contribution in [1.82, 2.24) is 10.1 Å². The van der Waals surface area contributed by atoms with Crippen LogP contribution in [0.3, 0.4) is 0 Å². The van der Waals surface area contributed by atoms with E-state index in [0.717, 1.165) is 16.1 Å². The summed E-state index contributed by atoms with van der Waals surface area (Å²) in [7, 11) is 2.03. The number of aromatic nitrogens is 1. The molecule has 0 saturated carbocycles. The molecule has 4 nitrogen and oxygen atoms in total. The van der Waals surface area contributed by atoms with Crippen molar-refractivity contribution in [2.45, 2.75) is 13.1 Å². The minimum atomic E-state index is 0.433. The molecule has 0 atom stereocenters. The lowest BCUT2D eigenvalue weighted by Gasteiger charge is -2.12. The van der Waals surface area contributed by atoms with Gasteiger partial charge in [-0.25, -0.2) is 0 Å². The zero-order valence-electron chi connectivity index (χ0n) is 8.81. The van der Waals surface area contributed by atoms with Crippen molar-refractivity contribution in [3.05, 3.63) is 32.6 Å². The van der Waals surface area contributed by atoms with Gasteiger partial charge in [0.2, 0.25) is 0 Å². The highest BCUT2D eigenvalue weighted by atomic mass is 79.9. The Bertz CT molecular complexity index is 426. The van der Waals surface area contributed by atoms with Crippen LogP contribution in [0.4, 0.5) is 5.82 Å². The first-order valence-corrected chi connectivity index (χ1v) is 6.38. The Labute approximate surface area is 106 Å². The fraction of sp³-hybridized carbons (Fsp3) is 0.300. The van der Waals surface area contributed by atoms with E-state index in [9.17, 15) is 0 Å². The van der Waals surface area contributed by atoms with Gasteiger partial charge in [0.05, 0.1) is 10.3 Å². The molecule has 2 aromatic rings. The van der Waals surface area contributed by atoms with Crippen LogP contribution in [0.15, 0.2) is 26.5 Å². The molecule has 2 rings (SSSR count). The monoisotopic (exact) mass is 301 g/mol. The highest BCUT2D eigenvalue weighted by molar-refractivity contribution is 9.11. The van der Waals surface area contributed by atoms with Gasteiger partial charge in [0.15, 0.2) is 11.6 Å². The maximum atomic E-state index is 5.48. The van der Waals surface area contributed by atoms with Gasteiger partial charge in [-0.15, -0.1) is 11.3 Å². The standard InChI is InChI=1S/C10H12BrN3OS/c1-14(5-7-4-10(12)13-15-7)6-8-2-3-9(11)16-8/h2-4H,5-6H2,1H3,(H2,12,13). The summed E-state index contributed by atoms with van der Waals surface area (Å²) in [6.45, 7) is 1.59. The van der Waals surface area contributed by atoms with E-state index in [0.29, 0.717) is 12.4 Å². The molecule has 0 saturated heterocycles. The van der Waals surface area contributed by atoms with Gasteiger partial charge in [0, 0.05) is 17.5 Å². The van der Waals surface area contributed by atoms with E-state index in [4.69, 9.17) is 10.3 Å². The van der Waals surface area contributed by atoms with Crippen LogP contribution in [-0.2, 0) is 13.1 Å². The highest BCUT2D eigenvalue weighted by Gasteiger charge is 2.07. The molecule has 0 amide bonds. The van der Waals surface area contributed by atoms with E-state index in [2.05, 4.69) is 38.1 Å². The van der Waals surface area contributed by atoms with Gasteiger partial charge in [0.25, 0.3) is 0 Å². The van der Waals surface area contributed by atoms with E-state index in [1.807, 2.05) is 7.05 Å². The van der Waals surface area contributed by atoms with Crippen LogP contribution in [0, 0.1) is 0 Å². The van der Waals surface area contributed by atoms with E-state index < -0.39 is 0 Å². The van der Waals surface area contributed by atoms with Crippen molar-refractivity contribution >= 4 is 33.1 Å². The van der Waals surface area contributed by atoms with Crippen molar-refractivity contribution in [2.24, 2.45) is 0 Å². The fourth-order valence-electron chi connectivity index (χ4n) is 1.43. The van der Waals surface area contributed by atoms with Gasteiger partial charge >= 0.3 is 0 Å². The second kappa shape index (κ2) is 4.99. The highest BCUT2D eigenvalue weighted by Crippen LogP contribution is 2.23. The number of nitrogens with two attached hydrogens (primary N) is 1. The SMILES string of the molecule is CN(Cc1cc(N)no1)Cc1ccc(Br)s1. The molecule has 0 fully saturated rings. The molecule has 0 unspecified atom stereocenters. The Morgan fingerprint density at radius 2 is 2.31 bits per heavy atom. The van der Waals surface area contributed by atoms with E-state index in [-0.39, 0.29) is 0 Å². The van der Waals surface area contributed by atoms with Crippen LogP contribution in [0.25, 0.3) is 0 Å². The maximum absolute atomic E-state index is 5.48. The number of halogens is 1. The van der Waals surface area contributed by atoms with E-state index >= 15 is 0 Å². The minimum Gasteiger partial charge on any atom is -0.381 e. The summed E-state index contributed by atoms with van der Waals surface area (Å²) in [6.07, 6.45) is 0. The van der Waals surface area contributed by atoms with Crippen molar-refractivity contribution in [3.8, 4) is 0 Å². The number of hydrogen-bond donors (Lipinski definition) is 1. The summed E-state index contributed by atoms with van der Waals surface area (Å²) < 4.78 is 6.21. The molecule has 0 spiro atoms. The number of nitrogens with zero attached hydrogens (tertiary/aromatic N) is 2. The molecule has 6 heteroatoms. The van der Waals surface area contributed by atoms with E-state index in [1.54, 1.807) is 17.4 Å². The zero-order chi connectivity index (χ0) is 11.5. The molecule has 0 aliphatic heterocycles. The minimum absolute atomic E-state index is 0.433. The van der Waals surface area contributed by atoms with Crippen molar-refractivity contribution in [3.63, 3.8) is 0 Å². The molecule has 0 aliphatic rings. The smallest absolute Gasteiger partial charge is 0.167 e. The Morgan fingerprint density at radius 1 is 1.50 bits per heavy atom. The molecule has 0 bridgehead atoms. The van der Waals surface area contributed by atoms with Gasteiger partial charge in [-0.3, -0.25) is 4.90 Å².